The van der Waals surface area contributed by atoms with Gasteiger partial charge in [0.15, 0.2) is 18.7 Å². The van der Waals surface area contributed by atoms with Crippen LogP contribution in [0.15, 0.2) is 0 Å². The zero-order chi connectivity index (χ0) is 21.5. The van der Waals surface area contributed by atoms with Crippen LogP contribution in [0.4, 0.5) is 0 Å². The lowest BCUT2D eigenvalue weighted by Crippen LogP contribution is -2.63. The summed E-state index contributed by atoms with van der Waals surface area (Å²) in [6, 6.07) is 0. The van der Waals surface area contributed by atoms with E-state index in [0.29, 0.717) is 6.42 Å². The highest BCUT2D eigenvalue weighted by Crippen LogP contribution is 2.35. The van der Waals surface area contributed by atoms with Gasteiger partial charge in [-0.3, -0.25) is 0 Å². The maximum atomic E-state index is 11.8. The Morgan fingerprint density at radius 2 is 1.62 bits per heavy atom. The molecule has 0 aromatic heterocycles. The first-order chi connectivity index (χ1) is 13.6. The minimum atomic E-state index is -1.56. The standard InChI is InChI=1S/C19H32O9S/c1-7-9(3)25-18(8(2)12(7)20)27-15-13(21)14(22)19(28-16(15)17(23)24)26-10-4-5-11(29)6-10/h7-16,18-22,29H,4-6H2,1-3H3,(H,23,24). The van der Waals surface area contributed by atoms with Crippen LogP contribution in [-0.2, 0) is 23.7 Å². The second-order valence-electron chi connectivity index (χ2n) is 8.49. The third-order valence-electron chi connectivity index (χ3n) is 6.36. The van der Waals surface area contributed by atoms with Crippen LogP contribution in [0.2, 0.25) is 0 Å². The van der Waals surface area contributed by atoms with E-state index in [1.165, 1.54) is 0 Å². The van der Waals surface area contributed by atoms with Gasteiger partial charge in [-0.05, 0) is 26.2 Å². The lowest BCUT2D eigenvalue weighted by atomic mass is 9.86. The molecule has 4 N–H and O–H groups in total. The number of aliphatic carboxylic acids is 1. The first-order valence-corrected chi connectivity index (χ1v) is 10.7. The molecule has 2 heterocycles. The maximum absolute atomic E-state index is 11.8. The number of ether oxygens (including phenoxy) is 4. The number of carboxylic acids is 1. The molecule has 0 amide bonds. The number of hydrogen-bond donors (Lipinski definition) is 5. The van der Waals surface area contributed by atoms with E-state index in [0.717, 1.165) is 12.8 Å². The highest BCUT2D eigenvalue weighted by atomic mass is 32.1. The molecular weight excluding hydrogens is 404 g/mol. The molecule has 12 unspecified atom stereocenters. The quantitative estimate of drug-likeness (QED) is 0.382. The molecule has 10 heteroatoms. The fourth-order valence-corrected chi connectivity index (χ4v) is 4.60. The number of hydrogen-bond acceptors (Lipinski definition) is 9. The van der Waals surface area contributed by atoms with Crippen LogP contribution in [-0.4, -0.2) is 87.0 Å². The van der Waals surface area contributed by atoms with Gasteiger partial charge in [-0.25, -0.2) is 4.79 Å². The molecule has 0 aromatic rings. The third kappa shape index (κ3) is 4.90. The van der Waals surface area contributed by atoms with Gasteiger partial charge in [-0.1, -0.05) is 13.8 Å². The number of aliphatic hydroxyl groups excluding tert-OH is 3. The molecule has 9 nitrogen and oxygen atoms in total. The summed E-state index contributed by atoms with van der Waals surface area (Å²) in [4.78, 5) is 11.8. The summed E-state index contributed by atoms with van der Waals surface area (Å²) < 4.78 is 22.8. The number of rotatable bonds is 5. The first-order valence-electron chi connectivity index (χ1n) is 10.2. The molecule has 2 aliphatic heterocycles. The zero-order valence-electron chi connectivity index (χ0n) is 16.8. The predicted molar refractivity (Wildman–Crippen MR) is 103 cm³/mol. The van der Waals surface area contributed by atoms with Gasteiger partial charge >= 0.3 is 5.97 Å². The summed E-state index contributed by atoms with van der Waals surface area (Å²) in [6.07, 6.45) is -7.28. The molecule has 0 spiro atoms. The molecule has 12 atom stereocenters. The maximum Gasteiger partial charge on any atom is 0.335 e. The molecule has 29 heavy (non-hydrogen) atoms. The second kappa shape index (κ2) is 9.35. The Morgan fingerprint density at radius 3 is 2.21 bits per heavy atom. The van der Waals surface area contributed by atoms with Crippen LogP contribution in [0.1, 0.15) is 40.0 Å². The van der Waals surface area contributed by atoms with Crippen molar-refractivity contribution in [3.05, 3.63) is 0 Å². The van der Waals surface area contributed by atoms with Crippen LogP contribution in [0, 0.1) is 11.8 Å². The SMILES string of the molecule is CC1OC(OC2C(C(=O)O)OC(OC3CCC(S)C3)C(O)C2O)C(C)C(O)C1C. The van der Waals surface area contributed by atoms with Crippen molar-refractivity contribution in [1.82, 2.24) is 0 Å². The highest BCUT2D eigenvalue weighted by Gasteiger charge is 2.52. The summed E-state index contributed by atoms with van der Waals surface area (Å²) >= 11 is 4.40. The van der Waals surface area contributed by atoms with E-state index >= 15 is 0 Å². The lowest BCUT2D eigenvalue weighted by Gasteiger charge is -2.46. The molecule has 3 rings (SSSR count). The van der Waals surface area contributed by atoms with Crippen molar-refractivity contribution in [3.63, 3.8) is 0 Å². The van der Waals surface area contributed by atoms with Crippen molar-refractivity contribution in [2.24, 2.45) is 11.8 Å². The van der Waals surface area contributed by atoms with Crippen molar-refractivity contribution in [1.29, 1.82) is 0 Å². The Hall–Kier alpha value is -0.460. The predicted octanol–water partition coefficient (Wildman–Crippen LogP) is 0.148. The summed E-state index contributed by atoms with van der Waals surface area (Å²) in [6.45, 7) is 5.36. The van der Waals surface area contributed by atoms with E-state index in [9.17, 15) is 25.2 Å². The number of carbonyl (C=O) groups is 1. The van der Waals surface area contributed by atoms with E-state index in [2.05, 4.69) is 12.6 Å². The monoisotopic (exact) mass is 436 g/mol. The van der Waals surface area contributed by atoms with Crippen molar-refractivity contribution in [3.8, 4) is 0 Å². The van der Waals surface area contributed by atoms with Gasteiger partial charge in [0.05, 0.1) is 18.3 Å². The molecule has 3 aliphatic rings. The van der Waals surface area contributed by atoms with Crippen molar-refractivity contribution < 1.29 is 44.2 Å². The average molecular weight is 437 g/mol. The van der Waals surface area contributed by atoms with Crippen molar-refractivity contribution in [2.45, 2.75) is 101 Å². The van der Waals surface area contributed by atoms with Gasteiger partial charge in [0.25, 0.3) is 0 Å². The molecule has 0 bridgehead atoms. The highest BCUT2D eigenvalue weighted by molar-refractivity contribution is 7.80. The average Bonchev–Trinajstić information content (AvgIpc) is 3.08. The minimum Gasteiger partial charge on any atom is -0.479 e. The van der Waals surface area contributed by atoms with Crippen molar-refractivity contribution >= 4 is 18.6 Å². The summed E-state index contributed by atoms with van der Waals surface area (Å²) in [5.74, 6) is -1.93. The van der Waals surface area contributed by atoms with Crippen LogP contribution < -0.4 is 0 Å². The Morgan fingerprint density at radius 1 is 0.931 bits per heavy atom. The smallest absolute Gasteiger partial charge is 0.335 e. The van der Waals surface area contributed by atoms with Gasteiger partial charge in [-0.2, -0.15) is 12.6 Å². The normalized spacial score (nSPS) is 51.1. The summed E-state index contributed by atoms with van der Waals surface area (Å²) in [5, 5.41) is 41.3. The largest absolute Gasteiger partial charge is 0.479 e. The number of thiol groups is 1. The van der Waals surface area contributed by atoms with Gasteiger partial charge in [0.1, 0.15) is 18.3 Å². The van der Waals surface area contributed by atoms with Crippen LogP contribution in [0.25, 0.3) is 0 Å². The minimum absolute atomic E-state index is 0.127. The van der Waals surface area contributed by atoms with Gasteiger partial charge in [0.2, 0.25) is 0 Å². The van der Waals surface area contributed by atoms with Crippen LogP contribution >= 0.6 is 12.6 Å². The van der Waals surface area contributed by atoms with Crippen LogP contribution in [0.5, 0.6) is 0 Å². The first kappa shape index (κ1) is 23.2. The number of carboxylic acid groups (broad SMARTS) is 1. The van der Waals surface area contributed by atoms with Gasteiger partial charge in [-0.15, -0.1) is 0 Å². The molecule has 1 aliphatic carbocycles. The summed E-state index contributed by atoms with van der Waals surface area (Å²) in [7, 11) is 0. The van der Waals surface area contributed by atoms with Crippen LogP contribution in [0.3, 0.4) is 0 Å². The fraction of sp³-hybridized carbons (Fsp3) is 0.947. The Balaban J connectivity index is 1.71. The second-order valence-corrected chi connectivity index (χ2v) is 9.22. The molecule has 168 valence electrons. The Bertz CT molecular complexity index is 578. The molecule has 0 aromatic carbocycles. The molecule has 2 saturated heterocycles. The lowest BCUT2D eigenvalue weighted by molar-refractivity contribution is -0.344. The Kier molecular flexibility index (Phi) is 7.49. The molecular formula is C19H32O9S. The van der Waals surface area contributed by atoms with E-state index in [1.54, 1.807) is 13.8 Å². The Labute approximate surface area is 175 Å². The molecule has 1 saturated carbocycles. The van der Waals surface area contributed by atoms with Gasteiger partial charge in [0, 0.05) is 17.1 Å². The third-order valence-corrected chi connectivity index (χ3v) is 6.83. The number of aliphatic hydroxyl groups is 3. The zero-order valence-corrected chi connectivity index (χ0v) is 17.7. The van der Waals surface area contributed by atoms with E-state index in [-0.39, 0.29) is 23.4 Å². The topological polar surface area (TPSA) is 135 Å². The van der Waals surface area contributed by atoms with E-state index in [1.807, 2.05) is 6.92 Å². The van der Waals surface area contributed by atoms with E-state index in [4.69, 9.17) is 18.9 Å². The van der Waals surface area contributed by atoms with Crippen molar-refractivity contribution in [2.75, 3.05) is 0 Å². The molecule has 0 radical (unpaired) electrons. The van der Waals surface area contributed by atoms with E-state index < -0.39 is 55.0 Å². The van der Waals surface area contributed by atoms with Gasteiger partial charge < -0.3 is 39.4 Å². The summed E-state index contributed by atoms with van der Waals surface area (Å²) in [5.41, 5.74) is 0. The fourth-order valence-electron chi connectivity index (χ4n) is 4.22. The molecule has 3 fully saturated rings.